The highest BCUT2D eigenvalue weighted by Gasteiger charge is 2.18. The molecule has 1 unspecified atom stereocenters. The van der Waals surface area contributed by atoms with E-state index in [2.05, 4.69) is 0 Å². The number of hydrogen-bond acceptors (Lipinski definition) is 2. The molecule has 76 valence electrons. The van der Waals surface area contributed by atoms with Crippen LogP contribution in [-0.2, 0) is 9.53 Å². The fourth-order valence-electron chi connectivity index (χ4n) is 1.02. The van der Waals surface area contributed by atoms with Crippen LogP contribution in [0.15, 0.2) is 24.3 Å². The molecule has 4 heteroatoms. The smallest absolute Gasteiger partial charge is 0.328 e. The summed E-state index contributed by atoms with van der Waals surface area (Å²) in [5, 5.41) is -0.939. The van der Waals surface area contributed by atoms with Crippen LogP contribution in [0.1, 0.15) is 17.9 Å². The van der Waals surface area contributed by atoms with Crippen LogP contribution in [0.25, 0.3) is 0 Å². The van der Waals surface area contributed by atoms with Gasteiger partial charge in [-0.2, -0.15) is 0 Å². The number of carbonyl (C=O) groups is 1. The topological polar surface area (TPSA) is 26.3 Å². The molecule has 0 aromatic heterocycles. The summed E-state index contributed by atoms with van der Waals surface area (Å²) in [4.78, 5) is 11.2. The number of rotatable bonds is 3. The Morgan fingerprint density at radius 3 is 2.93 bits per heavy atom. The maximum Gasteiger partial charge on any atom is 0.328 e. The Bertz CT molecular complexity index is 328. The molecular formula is C10H10ClFO2. The Kier molecular flexibility index (Phi) is 3.89. The Hall–Kier alpha value is -1.09. The molecule has 0 spiro atoms. The summed E-state index contributed by atoms with van der Waals surface area (Å²) in [6.07, 6.45) is 0. The van der Waals surface area contributed by atoms with Gasteiger partial charge in [-0.25, -0.2) is 4.39 Å². The highest BCUT2D eigenvalue weighted by atomic mass is 35.5. The predicted octanol–water partition coefficient (Wildman–Crippen LogP) is 2.67. The van der Waals surface area contributed by atoms with Crippen molar-refractivity contribution in [2.75, 3.05) is 6.61 Å². The minimum atomic E-state index is -0.939. The summed E-state index contributed by atoms with van der Waals surface area (Å²) in [6.45, 7) is 1.95. The maximum atomic E-state index is 12.8. The van der Waals surface area contributed by atoms with Crippen LogP contribution in [0, 0.1) is 5.82 Å². The predicted molar refractivity (Wildman–Crippen MR) is 51.6 cm³/mol. The van der Waals surface area contributed by atoms with Gasteiger partial charge in [0.05, 0.1) is 6.61 Å². The largest absolute Gasteiger partial charge is 0.465 e. The van der Waals surface area contributed by atoms with Gasteiger partial charge >= 0.3 is 5.97 Å². The van der Waals surface area contributed by atoms with Gasteiger partial charge in [0.1, 0.15) is 5.82 Å². The van der Waals surface area contributed by atoms with Crippen molar-refractivity contribution in [2.24, 2.45) is 0 Å². The Morgan fingerprint density at radius 2 is 2.36 bits per heavy atom. The van der Waals surface area contributed by atoms with Crippen LogP contribution < -0.4 is 0 Å². The van der Waals surface area contributed by atoms with E-state index in [1.165, 1.54) is 18.2 Å². The molecule has 0 bridgehead atoms. The molecule has 1 rings (SSSR count). The van der Waals surface area contributed by atoms with Gasteiger partial charge in [-0.3, -0.25) is 4.79 Å². The third-order valence-corrected chi connectivity index (χ3v) is 2.07. The van der Waals surface area contributed by atoms with Gasteiger partial charge < -0.3 is 4.74 Å². The van der Waals surface area contributed by atoms with Crippen LogP contribution in [0.2, 0.25) is 0 Å². The van der Waals surface area contributed by atoms with Crippen LogP contribution in [0.4, 0.5) is 4.39 Å². The lowest BCUT2D eigenvalue weighted by molar-refractivity contribution is -0.142. The number of ether oxygens (including phenoxy) is 1. The van der Waals surface area contributed by atoms with Gasteiger partial charge in [0, 0.05) is 0 Å². The maximum absolute atomic E-state index is 12.8. The highest BCUT2D eigenvalue weighted by Crippen LogP contribution is 2.22. The van der Waals surface area contributed by atoms with E-state index in [1.807, 2.05) is 0 Å². The molecule has 0 heterocycles. The molecule has 14 heavy (non-hydrogen) atoms. The number of alkyl halides is 1. The fourth-order valence-corrected chi connectivity index (χ4v) is 1.21. The number of hydrogen-bond donors (Lipinski definition) is 0. The second-order valence-electron chi connectivity index (χ2n) is 2.67. The summed E-state index contributed by atoms with van der Waals surface area (Å²) >= 11 is 5.77. The van der Waals surface area contributed by atoms with Crippen molar-refractivity contribution in [1.82, 2.24) is 0 Å². The summed E-state index contributed by atoms with van der Waals surface area (Å²) in [5.74, 6) is -0.975. The third-order valence-electron chi connectivity index (χ3n) is 1.63. The fraction of sp³-hybridized carbons (Fsp3) is 0.300. The Balaban J connectivity index is 2.78. The van der Waals surface area contributed by atoms with Crippen molar-refractivity contribution in [1.29, 1.82) is 0 Å². The molecule has 0 aliphatic heterocycles. The van der Waals surface area contributed by atoms with Crippen molar-refractivity contribution in [3.63, 3.8) is 0 Å². The minimum Gasteiger partial charge on any atom is -0.465 e. The number of esters is 1. The molecule has 0 aliphatic carbocycles. The highest BCUT2D eigenvalue weighted by molar-refractivity contribution is 6.29. The van der Waals surface area contributed by atoms with E-state index in [0.717, 1.165) is 0 Å². The van der Waals surface area contributed by atoms with Crippen molar-refractivity contribution in [3.8, 4) is 0 Å². The second kappa shape index (κ2) is 4.96. The van der Waals surface area contributed by atoms with E-state index in [1.54, 1.807) is 13.0 Å². The normalized spacial score (nSPS) is 12.2. The zero-order chi connectivity index (χ0) is 10.6. The molecule has 0 radical (unpaired) electrons. The van der Waals surface area contributed by atoms with Crippen molar-refractivity contribution in [2.45, 2.75) is 12.3 Å². The van der Waals surface area contributed by atoms with E-state index >= 15 is 0 Å². The van der Waals surface area contributed by atoms with Crippen molar-refractivity contribution < 1.29 is 13.9 Å². The Morgan fingerprint density at radius 1 is 1.64 bits per heavy atom. The van der Waals surface area contributed by atoms with E-state index in [0.29, 0.717) is 5.56 Å². The second-order valence-corrected chi connectivity index (χ2v) is 3.11. The molecule has 0 N–H and O–H groups in total. The van der Waals surface area contributed by atoms with Gasteiger partial charge in [-0.1, -0.05) is 12.1 Å². The third kappa shape index (κ3) is 2.70. The molecule has 2 nitrogen and oxygen atoms in total. The molecule has 1 aromatic carbocycles. The lowest BCUT2D eigenvalue weighted by Gasteiger charge is -2.08. The molecule has 1 aromatic rings. The number of benzene rings is 1. The molecular weight excluding hydrogens is 207 g/mol. The first-order chi connectivity index (χ1) is 6.65. The van der Waals surface area contributed by atoms with Crippen LogP contribution in [0.5, 0.6) is 0 Å². The van der Waals surface area contributed by atoms with Gasteiger partial charge in [-0.15, -0.1) is 11.6 Å². The first-order valence-electron chi connectivity index (χ1n) is 4.21. The first kappa shape index (κ1) is 11.0. The van der Waals surface area contributed by atoms with E-state index in [9.17, 15) is 9.18 Å². The number of carbonyl (C=O) groups excluding carboxylic acids is 1. The first-order valence-corrected chi connectivity index (χ1v) is 4.65. The quantitative estimate of drug-likeness (QED) is 0.574. The van der Waals surface area contributed by atoms with E-state index < -0.39 is 17.2 Å². The van der Waals surface area contributed by atoms with Gasteiger partial charge in [0.15, 0.2) is 5.38 Å². The van der Waals surface area contributed by atoms with Crippen molar-refractivity contribution in [3.05, 3.63) is 35.6 Å². The minimum absolute atomic E-state index is 0.261. The average Bonchev–Trinajstić information content (AvgIpc) is 2.17. The van der Waals surface area contributed by atoms with E-state index in [-0.39, 0.29) is 6.61 Å². The van der Waals surface area contributed by atoms with Gasteiger partial charge in [-0.05, 0) is 24.6 Å². The number of halogens is 2. The van der Waals surface area contributed by atoms with E-state index in [4.69, 9.17) is 16.3 Å². The summed E-state index contributed by atoms with van der Waals surface area (Å²) < 4.78 is 17.5. The van der Waals surface area contributed by atoms with Crippen LogP contribution in [0.3, 0.4) is 0 Å². The Labute approximate surface area is 86.6 Å². The monoisotopic (exact) mass is 216 g/mol. The molecule has 0 saturated heterocycles. The standard InChI is InChI=1S/C10H10ClFO2/c1-2-14-10(13)9(11)7-4-3-5-8(12)6-7/h3-6,9H,2H2,1H3. The van der Waals surface area contributed by atoms with Crippen molar-refractivity contribution >= 4 is 17.6 Å². The van der Waals surface area contributed by atoms with Gasteiger partial charge in [0.25, 0.3) is 0 Å². The lowest BCUT2D eigenvalue weighted by Crippen LogP contribution is -2.11. The average molecular weight is 217 g/mol. The van der Waals surface area contributed by atoms with Gasteiger partial charge in [0.2, 0.25) is 0 Å². The van der Waals surface area contributed by atoms with Crippen LogP contribution in [-0.4, -0.2) is 12.6 Å². The molecule has 0 aliphatic rings. The molecule has 0 saturated carbocycles. The van der Waals surface area contributed by atoms with Crippen LogP contribution >= 0.6 is 11.6 Å². The summed E-state index contributed by atoms with van der Waals surface area (Å²) in [7, 11) is 0. The zero-order valence-electron chi connectivity index (χ0n) is 7.67. The lowest BCUT2D eigenvalue weighted by atomic mass is 10.1. The molecule has 0 fully saturated rings. The molecule has 0 amide bonds. The SMILES string of the molecule is CCOC(=O)C(Cl)c1cccc(F)c1. The zero-order valence-corrected chi connectivity index (χ0v) is 8.42. The summed E-state index contributed by atoms with van der Waals surface area (Å²) in [5.41, 5.74) is 0.408. The summed E-state index contributed by atoms with van der Waals surface area (Å²) in [6, 6.07) is 5.59. The molecule has 1 atom stereocenters.